The van der Waals surface area contributed by atoms with Crippen LogP contribution in [-0.4, -0.2) is 48.2 Å². The maximum Gasteiger partial charge on any atom is 0.161 e. The van der Waals surface area contributed by atoms with E-state index < -0.39 is 0 Å². The minimum atomic E-state index is 0.658. The van der Waals surface area contributed by atoms with Crippen molar-refractivity contribution in [3.05, 3.63) is 60.7 Å². The normalized spacial score (nSPS) is 14.3. The van der Waals surface area contributed by atoms with Gasteiger partial charge in [-0.3, -0.25) is 15.1 Å². The molecule has 5 aromatic rings. The third kappa shape index (κ3) is 2.77. The van der Waals surface area contributed by atoms with Crippen LogP contribution in [0, 0.1) is 0 Å². The molecule has 0 radical (unpaired) electrons. The Balaban J connectivity index is 1.50. The van der Waals surface area contributed by atoms with Crippen LogP contribution in [0.25, 0.3) is 50.4 Å². The first-order chi connectivity index (χ1) is 14.9. The molecule has 0 atom stereocenters. The van der Waals surface area contributed by atoms with Crippen molar-refractivity contribution >= 4 is 27.6 Å². The van der Waals surface area contributed by atoms with E-state index in [2.05, 4.69) is 36.5 Å². The van der Waals surface area contributed by atoms with E-state index in [1.165, 1.54) is 5.57 Å². The zero-order chi connectivity index (χ0) is 19.9. The van der Waals surface area contributed by atoms with Crippen molar-refractivity contribution in [2.45, 2.75) is 6.42 Å². The SMILES string of the molecule is C1=C(c2ccc3[nH]nc(-c4nc5c(-c6ccccn6)cncc5[nH]4)c3n2)CCNC1. The smallest absolute Gasteiger partial charge is 0.161 e. The Hall–Kier alpha value is -3.91. The van der Waals surface area contributed by atoms with Crippen molar-refractivity contribution in [3.8, 4) is 22.8 Å². The van der Waals surface area contributed by atoms with Crippen LogP contribution in [0.15, 0.2) is 55.0 Å². The first kappa shape index (κ1) is 17.0. The molecular weight excluding hydrogens is 376 g/mol. The maximum atomic E-state index is 4.91. The van der Waals surface area contributed by atoms with Crippen LogP contribution >= 0.6 is 0 Å². The Morgan fingerprint density at radius 3 is 2.77 bits per heavy atom. The second-order valence-corrected chi connectivity index (χ2v) is 7.23. The van der Waals surface area contributed by atoms with Crippen LogP contribution in [0.4, 0.5) is 0 Å². The molecule has 5 aromatic heterocycles. The molecule has 146 valence electrons. The molecule has 6 heterocycles. The number of hydrogen-bond donors (Lipinski definition) is 3. The Bertz CT molecular complexity index is 1400. The van der Waals surface area contributed by atoms with Crippen molar-refractivity contribution in [1.29, 1.82) is 0 Å². The summed E-state index contributed by atoms with van der Waals surface area (Å²) in [5, 5.41) is 10.9. The van der Waals surface area contributed by atoms with Crippen LogP contribution in [0.3, 0.4) is 0 Å². The van der Waals surface area contributed by atoms with Gasteiger partial charge in [-0.05, 0) is 42.8 Å². The Morgan fingerprint density at radius 1 is 0.900 bits per heavy atom. The number of nitrogens with one attached hydrogen (secondary N) is 3. The van der Waals surface area contributed by atoms with E-state index in [1.54, 1.807) is 18.6 Å². The number of hydrogen-bond acceptors (Lipinski definition) is 6. The highest BCUT2D eigenvalue weighted by Crippen LogP contribution is 2.30. The van der Waals surface area contributed by atoms with Crippen molar-refractivity contribution in [1.82, 2.24) is 40.4 Å². The van der Waals surface area contributed by atoms with Crippen LogP contribution in [-0.2, 0) is 0 Å². The number of imidazole rings is 1. The number of nitrogens with zero attached hydrogens (tertiary/aromatic N) is 5. The zero-order valence-electron chi connectivity index (χ0n) is 16.1. The fourth-order valence-corrected chi connectivity index (χ4v) is 3.85. The molecule has 8 nitrogen and oxygen atoms in total. The lowest BCUT2D eigenvalue weighted by molar-refractivity contribution is 0.737. The number of fused-ring (bicyclic) bond motifs is 2. The van der Waals surface area contributed by atoms with E-state index in [-0.39, 0.29) is 0 Å². The molecule has 0 aromatic carbocycles. The van der Waals surface area contributed by atoms with Crippen molar-refractivity contribution < 1.29 is 0 Å². The van der Waals surface area contributed by atoms with Crippen LogP contribution in [0.1, 0.15) is 12.1 Å². The first-order valence-corrected chi connectivity index (χ1v) is 9.87. The molecule has 8 heteroatoms. The van der Waals surface area contributed by atoms with Gasteiger partial charge in [-0.25, -0.2) is 9.97 Å². The van der Waals surface area contributed by atoms with E-state index in [0.29, 0.717) is 11.5 Å². The summed E-state index contributed by atoms with van der Waals surface area (Å²) in [5.74, 6) is 0.658. The van der Waals surface area contributed by atoms with E-state index in [4.69, 9.17) is 9.97 Å². The van der Waals surface area contributed by atoms with Gasteiger partial charge >= 0.3 is 0 Å². The molecule has 3 N–H and O–H groups in total. The van der Waals surface area contributed by atoms with Gasteiger partial charge in [-0.1, -0.05) is 12.1 Å². The first-order valence-electron chi connectivity index (χ1n) is 9.87. The molecule has 1 aliphatic rings. The van der Waals surface area contributed by atoms with Gasteiger partial charge in [0, 0.05) is 24.5 Å². The molecule has 6 rings (SSSR count). The lowest BCUT2D eigenvalue weighted by Crippen LogP contribution is -2.20. The van der Waals surface area contributed by atoms with Crippen LogP contribution < -0.4 is 5.32 Å². The van der Waals surface area contributed by atoms with Gasteiger partial charge in [0.25, 0.3) is 0 Å². The third-order valence-corrected chi connectivity index (χ3v) is 5.36. The van der Waals surface area contributed by atoms with Gasteiger partial charge in [0.1, 0.15) is 11.0 Å². The quantitative estimate of drug-likeness (QED) is 0.433. The van der Waals surface area contributed by atoms with Crippen molar-refractivity contribution in [3.63, 3.8) is 0 Å². The minimum Gasteiger partial charge on any atom is -0.335 e. The second-order valence-electron chi connectivity index (χ2n) is 7.23. The second kappa shape index (κ2) is 6.85. The zero-order valence-corrected chi connectivity index (χ0v) is 16.1. The molecule has 1 aliphatic heterocycles. The Morgan fingerprint density at radius 2 is 1.90 bits per heavy atom. The molecule has 0 spiro atoms. The maximum absolute atomic E-state index is 4.91. The predicted molar refractivity (Wildman–Crippen MR) is 115 cm³/mol. The van der Waals surface area contributed by atoms with Gasteiger partial charge in [0.2, 0.25) is 0 Å². The van der Waals surface area contributed by atoms with Gasteiger partial charge < -0.3 is 10.3 Å². The van der Waals surface area contributed by atoms with Crippen molar-refractivity contribution in [2.75, 3.05) is 13.1 Å². The number of H-pyrrole nitrogens is 2. The Kier molecular flexibility index (Phi) is 3.88. The molecule has 0 bridgehead atoms. The highest BCUT2D eigenvalue weighted by molar-refractivity contribution is 5.95. The summed E-state index contributed by atoms with van der Waals surface area (Å²) in [6.45, 7) is 1.84. The molecule has 0 fully saturated rings. The van der Waals surface area contributed by atoms with Gasteiger partial charge in [0.15, 0.2) is 11.5 Å². The molecule has 0 aliphatic carbocycles. The van der Waals surface area contributed by atoms with E-state index in [0.717, 1.165) is 58.5 Å². The minimum absolute atomic E-state index is 0.658. The average molecular weight is 394 g/mol. The van der Waals surface area contributed by atoms with Gasteiger partial charge in [-0.15, -0.1) is 0 Å². The van der Waals surface area contributed by atoms with Crippen molar-refractivity contribution in [2.24, 2.45) is 0 Å². The highest BCUT2D eigenvalue weighted by atomic mass is 15.2. The summed E-state index contributed by atoms with van der Waals surface area (Å²) >= 11 is 0. The fraction of sp³-hybridized carbons (Fsp3) is 0.136. The number of pyridine rings is 3. The Labute approximate surface area is 171 Å². The number of aromatic nitrogens is 7. The summed E-state index contributed by atoms with van der Waals surface area (Å²) in [6, 6.07) is 9.87. The summed E-state index contributed by atoms with van der Waals surface area (Å²) < 4.78 is 0. The topological polar surface area (TPSA) is 108 Å². The molecule has 0 saturated carbocycles. The standard InChI is InChI=1S/C22H18N8/c1-2-8-25-16(3-1)14-11-24-12-18-19(14)28-22(27-18)21-20-17(29-30-21)5-4-15(26-20)13-6-9-23-10-7-13/h1-6,8,11-12,23H,7,9-10H2,(H,27,28)(H,29,30). The fourth-order valence-electron chi connectivity index (χ4n) is 3.85. The lowest BCUT2D eigenvalue weighted by Gasteiger charge is -2.13. The summed E-state index contributed by atoms with van der Waals surface area (Å²) in [4.78, 5) is 21.9. The van der Waals surface area contributed by atoms with E-state index in [1.807, 2.05) is 30.3 Å². The van der Waals surface area contributed by atoms with Crippen LogP contribution in [0.2, 0.25) is 0 Å². The predicted octanol–water partition coefficient (Wildman–Crippen LogP) is 3.33. The largest absolute Gasteiger partial charge is 0.335 e. The summed E-state index contributed by atoms with van der Waals surface area (Å²) in [7, 11) is 0. The van der Waals surface area contributed by atoms with Crippen LogP contribution in [0.5, 0.6) is 0 Å². The number of aromatic amines is 2. The molecule has 0 amide bonds. The molecular formula is C22H18N8. The van der Waals surface area contributed by atoms with Gasteiger partial charge in [0.05, 0.1) is 28.6 Å². The van der Waals surface area contributed by atoms with E-state index in [9.17, 15) is 0 Å². The van der Waals surface area contributed by atoms with E-state index >= 15 is 0 Å². The molecule has 0 saturated heterocycles. The molecule has 30 heavy (non-hydrogen) atoms. The third-order valence-electron chi connectivity index (χ3n) is 5.36. The monoisotopic (exact) mass is 394 g/mol. The number of rotatable bonds is 3. The summed E-state index contributed by atoms with van der Waals surface area (Å²) in [6.07, 6.45) is 8.49. The summed E-state index contributed by atoms with van der Waals surface area (Å²) in [5.41, 5.74) is 7.98. The lowest BCUT2D eigenvalue weighted by atomic mass is 10.1. The molecule has 0 unspecified atom stereocenters. The average Bonchev–Trinajstić information content (AvgIpc) is 3.43. The highest BCUT2D eigenvalue weighted by Gasteiger charge is 2.18. The van der Waals surface area contributed by atoms with Gasteiger partial charge in [-0.2, -0.15) is 5.10 Å².